The van der Waals surface area contributed by atoms with E-state index in [1.807, 2.05) is 30.8 Å². The summed E-state index contributed by atoms with van der Waals surface area (Å²) in [5.74, 6) is 2.66. The van der Waals surface area contributed by atoms with Gasteiger partial charge in [-0.1, -0.05) is 0 Å². The molecule has 0 aliphatic carbocycles. The Morgan fingerprint density at radius 2 is 2.35 bits per heavy atom. The molecule has 2 aromatic rings. The number of hydrogen-bond acceptors (Lipinski definition) is 5. The lowest BCUT2D eigenvalue weighted by molar-refractivity contribution is 0.623. The van der Waals surface area contributed by atoms with E-state index in [-0.39, 0.29) is 0 Å². The Hall–Kier alpha value is -1.95. The molecule has 1 aliphatic rings. The Kier molecular flexibility index (Phi) is 3.64. The van der Waals surface area contributed by atoms with Crippen LogP contribution in [0.15, 0.2) is 18.5 Å². The van der Waals surface area contributed by atoms with Crippen LogP contribution < -0.4 is 10.6 Å². The lowest BCUT2D eigenvalue weighted by atomic mass is 10.1. The number of anilines is 1. The monoisotopic (exact) mass is 272 g/mol. The van der Waals surface area contributed by atoms with Crippen LogP contribution in [0.2, 0.25) is 0 Å². The fourth-order valence-electron chi connectivity index (χ4n) is 2.53. The van der Waals surface area contributed by atoms with Crippen LogP contribution in [0.1, 0.15) is 36.2 Å². The maximum atomic E-state index is 4.54. The predicted molar refractivity (Wildman–Crippen MR) is 77.3 cm³/mol. The summed E-state index contributed by atoms with van der Waals surface area (Å²) < 4.78 is 2.00. The van der Waals surface area contributed by atoms with Crippen molar-refractivity contribution in [2.45, 2.75) is 32.4 Å². The average molecular weight is 272 g/mol. The van der Waals surface area contributed by atoms with Gasteiger partial charge in [0.2, 0.25) is 0 Å². The van der Waals surface area contributed by atoms with Gasteiger partial charge in [-0.05, 0) is 26.3 Å². The Labute approximate surface area is 118 Å². The van der Waals surface area contributed by atoms with Gasteiger partial charge in [0.05, 0.1) is 12.2 Å². The van der Waals surface area contributed by atoms with Gasteiger partial charge in [0.15, 0.2) is 0 Å². The normalized spacial score (nSPS) is 18.4. The van der Waals surface area contributed by atoms with E-state index in [4.69, 9.17) is 0 Å². The highest BCUT2D eigenvalue weighted by Crippen LogP contribution is 2.23. The summed E-state index contributed by atoms with van der Waals surface area (Å²) in [6.07, 6.45) is 6.10. The highest BCUT2D eigenvalue weighted by atomic mass is 15.1. The molecular formula is C14H20N6. The molecule has 0 bridgehead atoms. The van der Waals surface area contributed by atoms with Gasteiger partial charge < -0.3 is 15.2 Å². The van der Waals surface area contributed by atoms with Crippen molar-refractivity contribution in [2.24, 2.45) is 7.05 Å². The molecule has 20 heavy (non-hydrogen) atoms. The van der Waals surface area contributed by atoms with Gasteiger partial charge in [0, 0.05) is 31.5 Å². The van der Waals surface area contributed by atoms with Crippen LogP contribution in [0.3, 0.4) is 0 Å². The summed E-state index contributed by atoms with van der Waals surface area (Å²) in [6.45, 7) is 3.67. The van der Waals surface area contributed by atoms with E-state index in [0.717, 1.165) is 36.1 Å². The van der Waals surface area contributed by atoms with Crippen molar-refractivity contribution in [1.29, 1.82) is 0 Å². The predicted octanol–water partition coefficient (Wildman–Crippen LogP) is 1.56. The summed E-state index contributed by atoms with van der Waals surface area (Å²) in [4.78, 5) is 13.3. The highest BCUT2D eigenvalue weighted by molar-refractivity contribution is 5.37. The van der Waals surface area contributed by atoms with Crippen LogP contribution in [-0.2, 0) is 13.6 Å². The molecule has 3 heterocycles. The molecule has 6 heteroatoms. The third-order valence-corrected chi connectivity index (χ3v) is 3.62. The number of hydrogen-bond donors (Lipinski definition) is 2. The lowest BCUT2D eigenvalue weighted by Crippen LogP contribution is -2.16. The van der Waals surface area contributed by atoms with Crippen LogP contribution in [0.4, 0.5) is 5.82 Å². The molecular weight excluding hydrogens is 252 g/mol. The molecule has 2 aromatic heterocycles. The molecule has 1 unspecified atom stereocenters. The maximum absolute atomic E-state index is 4.54. The number of aromatic nitrogens is 4. The summed E-state index contributed by atoms with van der Waals surface area (Å²) >= 11 is 0. The zero-order valence-electron chi connectivity index (χ0n) is 11.9. The van der Waals surface area contributed by atoms with Gasteiger partial charge in [-0.2, -0.15) is 0 Å². The summed E-state index contributed by atoms with van der Waals surface area (Å²) in [6, 6.07) is 2.41. The zero-order chi connectivity index (χ0) is 13.9. The second-order valence-electron chi connectivity index (χ2n) is 5.18. The van der Waals surface area contributed by atoms with Gasteiger partial charge in [-0.15, -0.1) is 0 Å². The van der Waals surface area contributed by atoms with Crippen molar-refractivity contribution in [3.8, 4) is 0 Å². The van der Waals surface area contributed by atoms with E-state index in [1.54, 1.807) is 6.20 Å². The van der Waals surface area contributed by atoms with Gasteiger partial charge in [-0.25, -0.2) is 15.0 Å². The van der Waals surface area contributed by atoms with Crippen molar-refractivity contribution >= 4 is 5.82 Å². The fourth-order valence-corrected chi connectivity index (χ4v) is 2.53. The quantitative estimate of drug-likeness (QED) is 0.884. The molecule has 0 aromatic carbocycles. The van der Waals surface area contributed by atoms with Crippen LogP contribution >= 0.6 is 0 Å². The number of nitrogens with one attached hydrogen (secondary N) is 2. The van der Waals surface area contributed by atoms with Gasteiger partial charge in [0.25, 0.3) is 0 Å². The molecule has 1 saturated heterocycles. The second-order valence-corrected chi connectivity index (χ2v) is 5.18. The van der Waals surface area contributed by atoms with Gasteiger partial charge in [0.1, 0.15) is 17.5 Å². The van der Waals surface area contributed by atoms with Crippen LogP contribution in [0.25, 0.3) is 0 Å². The summed E-state index contributed by atoms with van der Waals surface area (Å²) in [5, 5.41) is 6.80. The van der Waals surface area contributed by atoms with Gasteiger partial charge in [-0.3, -0.25) is 0 Å². The van der Waals surface area contributed by atoms with E-state index in [1.165, 1.54) is 6.42 Å². The van der Waals surface area contributed by atoms with Crippen molar-refractivity contribution < 1.29 is 0 Å². The fraction of sp³-hybridized carbons (Fsp3) is 0.500. The van der Waals surface area contributed by atoms with Crippen molar-refractivity contribution in [2.75, 3.05) is 11.9 Å². The molecule has 1 aliphatic heterocycles. The Morgan fingerprint density at radius 1 is 1.45 bits per heavy atom. The molecule has 0 amide bonds. The minimum Gasteiger partial charge on any atom is -0.363 e. The lowest BCUT2D eigenvalue weighted by Gasteiger charge is -2.13. The van der Waals surface area contributed by atoms with Crippen molar-refractivity contribution in [3.63, 3.8) is 0 Å². The van der Waals surface area contributed by atoms with Crippen LogP contribution in [-0.4, -0.2) is 26.1 Å². The van der Waals surface area contributed by atoms with Gasteiger partial charge >= 0.3 is 0 Å². The first-order valence-electron chi connectivity index (χ1n) is 7.01. The first-order valence-corrected chi connectivity index (χ1v) is 7.01. The maximum Gasteiger partial charge on any atom is 0.130 e. The Morgan fingerprint density at radius 3 is 3.05 bits per heavy atom. The highest BCUT2D eigenvalue weighted by Gasteiger charge is 2.18. The van der Waals surface area contributed by atoms with E-state index in [2.05, 4.69) is 25.6 Å². The number of imidazole rings is 1. The molecule has 3 rings (SSSR count). The molecule has 0 spiro atoms. The van der Waals surface area contributed by atoms with Crippen molar-refractivity contribution in [3.05, 3.63) is 35.8 Å². The minimum atomic E-state index is 0.366. The zero-order valence-corrected chi connectivity index (χ0v) is 11.9. The second kappa shape index (κ2) is 5.58. The first-order chi connectivity index (χ1) is 9.72. The molecule has 106 valence electrons. The number of rotatable bonds is 4. The Balaban J connectivity index is 1.74. The third-order valence-electron chi connectivity index (χ3n) is 3.62. The molecule has 1 atom stereocenters. The molecule has 1 fully saturated rings. The standard InChI is InChI=1S/C14H20N6/c1-10-18-12(11-4-3-5-15-11)8-13(19-10)17-9-14-16-6-7-20(14)2/h6-8,11,15H,3-5,9H2,1-2H3,(H,17,18,19). The topological polar surface area (TPSA) is 67.7 Å². The van der Waals surface area contributed by atoms with Crippen LogP contribution in [0, 0.1) is 6.92 Å². The van der Waals surface area contributed by atoms with Crippen LogP contribution in [0.5, 0.6) is 0 Å². The Bertz CT molecular complexity index is 585. The number of aryl methyl sites for hydroxylation is 2. The third kappa shape index (κ3) is 2.80. The molecule has 2 N–H and O–H groups in total. The largest absolute Gasteiger partial charge is 0.363 e. The number of nitrogens with zero attached hydrogens (tertiary/aromatic N) is 4. The molecule has 0 radical (unpaired) electrons. The van der Waals surface area contributed by atoms with E-state index < -0.39 is 0 Å². The molecule has 0 saturated carbocycles. The van der Waals surface area contributed by atoms with E-state index >= 15 is 0 Å². The summed E-state index contributed by atoms with van der Waals surface area (Å²) in [5.41, 5.74) is 1.08. The minimum absolute atomic E-state index is 0.366. The SMILES string of the molecule is Cc1nc(NCc2nccn2C)cc(C2CCCN2)n1. The smallest absolute Gasteiger partial charge is 0.130 e. The van der Waals surface area contributed by atoms with E-state index in [9.17, 15) is 0 Å². The van der Waals surface area contributed by atoms with Crippen molar-refractivity contribution in [1.82, 2.24) is 24.8 Å². The van der Waals surface area contributed by atoms with E-state index in [0.29, 0.717) is 12.6 Å². The average Bonchev–Trinajstić information content (AvgIpc) is 3.07. The molecule has 6 nitrogen and oxygen atoms in total. The first kappa shape index (κ1) is 13.1. The summed E-state index contributed by atoms with van der Waals surface area (Å²) in [7, 11) is 1.99.